The molecule has 2 aromatic carbocycles. The molecule has 2 atom stereocenters. The summed E-state index contributed by atoms with van der Waals surface area (Å²) < 4.78 is 5.03. The molecule has 2 aliphatic rings. The minimum Gasteiger partial charge on any atom is -0.364 e. The molecule has 2 heterocycles. The van der Waals surface area contributed by atoms with Gasteiger partial charge in [-0.25, -0.2) is 0 Å². The topological polar surface area (TPSA) is 8.17 Å². The lowest BCUT2D eigenvalue weighted by Crippen LogP contribution is -2.33. The zero-order chi connectivity index (χ0) is 32.1. The van der Waals surface area contributed by atoms with E-state index in [0.717, 1.165) is 13.1 Å². The summed E-state index contributed by atoms with van der Waals surface area (Å²) in [5.41, 5.74) is 5.77. The first-order chi connectivity index (χ1) is 22.6. The fraction of sp³-hybridized carbons (Fsp3) is 0.619. The van der Waals surface area contributed by atoms with Crippen LogP contribution in [-0.4, -0.2) is 17.2 Å². The van der Waals surface area contributed by atoms with Crippen LogP contribution in [0, 0.1) is 0 Å². The SMILES string of the molecule is CCCCCCCCCCCCN1c2cc3c4cc(Br)ccc4n(CCCCCCCCCCCC)c3cc2C2C=C(Br)C=CC21. The Morgan fingerprint density at radius 1 is 0.587 bits per heavy atom. The summed E-state index contributed by atoms with van der Waals surface area (Å²) in [4.78, 5) is 2.74. The largest absolute Gasteiger partial charge is 0.364 e. The van der Waals surface area contributed by atoms with E-state index in [4.69, 9.17) is 0 Å². The molecule has 252 valence electrons. The summed E-state index contributed by atoms with van der Waals surface area (Å²) in [7, 11) is 0. The van der Waals surface area contributed by atoms with Gasteiger partial charge in [-0.1, -0.05) is 180 Å². The summed E-state index contributed by atoms with van der Waals surface area (Å²) in [6.45, 7) is 6.86. The van der Waals surface area contributed by atoms with Gasteiger partial charge in [0.25, 0.3) is 0 Å². The van der Waals surface area contributed by atoms with Crippen molar-refractivity contribution in [1.29, 1.82) is 0 Å². The van der Waals surface area contributed by atoms with E-state index < -0.39 is 0 Å². The Hall–Kier alpha value is -1.52. The van der Waals surface area contributed by atoms with Crippen molar-refractivity contribution in [3.05, 3.63) is 63.1 Å². The molecule has 3 aromatic rings. The minimum absolute atomic E-state index is 0.414. The summed E-state index contributed by atoms with van der Waals surface area (Å²) in [6.07, 6.45) is 34.8. The zero-order valence-corrected chi connectivity index (χ0v) is 32.2. The van der Waals surface area contributed by atoms with Gasteiger partial charge in [0.05, 0.1) is 6.04 Å². The number of anilines is 1. The highest BCUT2D eigenvalue weighted by molar-refractivity contribution is 9.12. The highest BCUT2D eigenvalue weighted by Gasteiger charge is 2.37. The van der Waals surface area contributed by atoms with Crippen molar-refractivity contribution in [2.24, 2.45) is 0 Å². The van der Waals surface area contributed by atoms with E-state index >= 15 is 0 Å². The first-order valence-electron chi connectivity index (χ1n) is 19.2. The number of aromatic nitrogens is 1. The summed E-state index contributed by atoms with van der Waals surface area (Å²) >= 11 is 7.62. The Labute approximate surface area is 297 Å². The van der Waals surface area contributed by atoms with Crippen molar-refractivity contribution in [2.45, 2.75) is 161 Å². The number of halogens is 2. The molecule has 2 unspecified atom stereocenters. The van der Waals surface area contributed by atoms with Gasteiger partial charge in [-0.05, 0) is 48.7 Å². The monoisotopic (exact) mass is 750 g/mol. The van der Waals surface area contributed by atoms with E-state index in [2.05, 4.69) is 104 Å². The first-order valence-corrected chi connectivity index (χ1v) is 20.8. The lowest BCUT2D eigenvalue weighted by Gasteiger charge is -2.29. The number of nitrogens with zero attached hydrogens (tertiary/aromatic N) is 2. The number of unbranched alkanes of at least 4 members (excludes halogenated alkanes) is 18. The predicted molar refractivity (Wildman–Crippen MR) is 211 cm³/mol. The fourth-order valence-corrected chi connectivity index (χ4v) is 8.84. The zero-order valence-electron chi connectivity index (χ0n) is 29.0. The molecule has 0 amide bonds. The van der Waals surface area contributed by atoms with Crippen LogP contribution in [0.1, 0.15) is 154 Å². The standard InChI is InChI=1S/C42H60Br2N2/c1-3-5-7-9-11-13-15-17-19-21-27-45-39-25-23-33(43)29-35(39)37-32-42-38(31-41(37)45)36-30-34(44)24-26-40(36)46(42)28-22-20-18-16-14-12-10-8-6-4-2/h23-26,29-32,35,39H,3-22,27-28H2,1-2H3. The van der Waals surface area contributed by atoms with Crippen LogP contribution >= 0.6 is 31.9 Å². The second kappa shape index (κ2) is 18.9. The molecule has 0 N–H and O–H groups in total. The number of hydrogen-bond donors (Lipinski definition) is 0. The molecule has 0 bridgehead atoms. The summed E-state index contributed by atoms with van der Waals surface area (Å²) in [5.74, 6) is 0.414. The molecule has 0 saturated carbocycles. The highest BCUT2D eigenvalue weighted by Crippen LogP contribution is 2.48. The van der Waals surface area contributed by atoms with Crippen molar-refractivity contribution in [3.63, 3.8) is 0 Å². The van der Waals surface area contributed by atoms with E-state index in [1.54, 1.807) is 0 Å². The van der Waals surface area contributed by atoms with E-state index in [-0.39, 0.29) is 0 Å². The van der Waals surface area contributed by atoms with E-state index in [1.807, 2.05) is 0 Å². The molecule has 0 fully saturated rings. The van der Waals surface area contributed by atoms with Crippen molar-refractivity contribution in [2.75, 3.05) is 11.4 Å². The van der Waals surface area contributed by atoms with E-state index in [9.17, 15) is 0 Å². The van der Waals surface area contributed by atoms with Gasteiger partial charge < -0.3 is 9.47 Å². The molecular formula is C42H60Br2N2. The third-order valence-corrected chi connectivity index (χ3v) is 11.7. The first kappa shape index (κ1) is 35.8. The molecule has 4 heteroatoms. The third-order valence-electron chi connectivity index (χ3n) is 10.7. The molecule has 5 rings (SSSR count). The molecule has 1 aromatic heterocycles. The normalized spacial score (nSPS) is 17.3. The van der Waals surface area contributed by atoms with E-state index in [1.165, 1.54) is 170 Å². The second-order valence-corrected chi connectivity index (χ2v) is 16.1. The lowest BCUT2D eigenvalue weighted by molar-refractivity contribution is 0.541. The Morgan fingerprint density at radius 2 is 1.13 bits per heavy atom. The number of aryl methyl sites for hydroxylation is 1. The van der Waals surface area contributed by atoms with Gasteiger partial charge in [-0.15, -0.1) is 0 Å². The molecule has 0 saturated heterocycles. The fourth-order valence-electron chi connectivity index (χ4n) is 8.04. The van der Waals surface area contributed by atoms with Crippen molar-refractivity contribution in [1.82, 2.24) is 4.57 Å². The number of hydrogen-bond acceptors (Lipinski definition) is 1. The van der Waals surface area contributed by atoms with Crippen LogP contribution < -0.4 is 4.90 Å². The lowest BCUT2D eigenvalue weighted by atomic mass is 9.91. The van der Waals surface area contributed by atoms with Crippen molar-refractivity contribution < 1.29 is 0 Å². The third kappa shape index (κ3) is 9.34. The van der Waals surface area contributed by atoms with Gasteiger partial charge >= 0.3 is 0 Å². The van der Waals surface area contributed by atoms with Crippen LogP contribution in [0.4, 0.5) is 5.69 Å². The molecular weight excluding hydrogens is 692 g/mol. The molecule has 46 heavy (non-hydrogen) atoms. The van der Waals surface area contributed by atoms with Gasteiger partial charge in [-0.2, -0.15) is 0 Å². The minimum atomic E-state index is 0.414. The maximum Gasteiger partial charge on any atom is 0.0581 e. The van der Waals surface area contributed by atoms with Gasteiger partial charge in [0.15, 0.2) is 0 Å². The maximum absolute atomic E-state index is 3.83. The highest BCUT2D eigenvalue weighted by atomic mass is 79.9. The summed E-state index contributed by atoms with van der Waals surface area (Å²) in [5, 5.41) is 2.81. The number of fused-ring (bicyclic) bond motifs is 6. The van der Waals surface area contributed by atoms with Crippen LogP contribution in [0.2, 0.25) is 0 Å². The second-order valence-electron chi connectivity index (χ2n) is 14.2. The Bertz CT molecular complexity index is 1430. The average Bonchev–Trinajstić information content (AvgIpc) is 3.52. The molecule has 0 spiro atoms. The molecule has 1 aliphatic carbocycles. The number of benzene rings is 2. The van der Waals surface area contributed by atoms with Gasteiger partial charge in [0.2, 0.25) is 0 Å². The molecule has 0 radical (unpaired) electrons. The number of allylic oxidation sites excluding steroid dienone is 2. The van der Waals surface area contributed by atoms with Crippen LogP contribution in [-0.2, 0) is 6.54 Å². The Kier molecular flexibility index (Phi) is 14.7. The predicted octanol–water partition coefficient (Wildman–Crippen LogP) is 14.5. The van der Waals surface area contributed by atoms with Crippen molar-refractivity contribution >= 4 is 59.4 Å². The molecule has 1 aliphatic heterocycles. The van der Waals surface area contributed by atoms with Gasteiger partial charge in [0.1, 0.15) is 0 Å². The van der Waals surface area contributed by atoms with Crippen molar-refractivity contribution in [3.8, 4) is 0 Å². The molecule has 2 nitrogen and oxygen atoms in total. The van der Waals surface area contributed by atoms with Gasteiger partial charge in [0, 0.05) is 55.5 Å². The van der Waals surface area contributed by atoms with E-state index in [0.29, 0.717) is 12.0 Å². The Balaban J connectivity index is 1.26. The van der Waals surface area contributed by atoms with Crippen LogP contribution in [0.5, 0.6) is 0 Å². The smallest absolute Gasteiger partial charge is 0.0581 e. The quantitative estimate of drug-likeness (QED) is 0.0928. The van der Waals surface area contributed by atoms with Crippen LogP contribution in [0.25, 0.3) is 21.8 Å². The average molecular weight is 753 g/mol. The van der Waals surface area contributed by atoms with Gasteiger partial charge in [-0.3, -0.25) is 0 Å². The number of rotatable bonds is 22. The summed E-state index contributed by atoms with van der Waals surface area (Å²) in [6, 6.07) is 12.5. The van der Waals surface area contributed by atoms with Crippen LogP contribution in [0.3, 0.4) is 0 Å². The maximum atomic E-state index is 3.83. The Morgan fingerprint density at radius 3 is 1.74 bits per heavy atom. The van der Waals surface area contributed by atoms with Crippen LogP contribution in [0.15, 0.2) is 57.5 Å².